The van der Waals surface area contributed by atoms with Gasteiger partial charge in [0.2, 0.25) is 21.9 Å². The van der Waals surface area contributed by atoms with Crippen molar-refractivity contribution in [1.82, 2.24) is 34.5 Å². The number of hydrogen-bond acceptors (Lipinski definition) is 9. The molecule has 1 aromatic carbocycles. The summed E-state index contributed by atoms with van der Waals surface area (Å²) in [4.78, 5) is 9.09. The third-order valence-electron chi connectivity index (χ3n) is 5.72. The van der Waals surface area contributed by atoms with Crippen LogP contribution in [0.25, 0.3) is 17.2 Å². The van der Waals surface area contributed by atoms with Crippen LogP contribution in [-0.4, -0.2) is 72.5 Å². The molecule has 0 unspecified atom stereocenters. The Labute approximate surface area is 208 Å². The molecule has 0 bridgehead atoms. The number of β-amino-alcohol motifs (C(OH)–C–C–N with tert-alkyl or cyclic N) is 1. The number of hydrogen-bond donors (Lipinski definition) is 2. The lowest BCUT2D eigenvalue weighted by Crippen LogP contribution is -2.50. The Balaban J connectivity index is 1.52. The number of sulfonamides is 1. The lowest BCUT2D eigenvalue weighted by atomic mass is 10.1. The first-order valence-corrected chi connectivity index (χ1v) is 12.5. The minimum Gasteiger partial charge on any atom is -0.391 e. The number of anilines is 2. The Morgan fingerprint density at radius 3 is 2.41 bits per heavy atom. The number of aliphatic hydroxyl groups is 1. The van der Waals surface area contributed by atoms with Gasteiger partial charge in [-0.1, -0.05) is 6.07 Å². The Morgan fingerprint density at radius 2 is 1.76 bits per heavy atom. The molecule has 4 aromatic rings. The molecule has 194 valence electrons. The highest BCUT2D eigenvalue weighted by molar-refractivity contribution is 7.93. The number of benzene rings is 1. The molecular formula is C21H20F3N9O3S. The molecule has 2 atom stereocenters. The molecule has 5 rings (SSSR count). The average molecular weight is 536 g/mol. The van der Waals surface area contributed by atoms with E-state index in [0.717, 1.165) is 29.1 Å². The molecule has 1 fully saturated rings. The van der Waals surface area contributed by atoms with Gasteiger partial charge in [-0.25, -0.2) is 31.6 Å². The summed E-state index contributed by atoms with van der Waals surface area (Å²) in [5, 5.41) is 21.1. The van der Waals surface area contributed by atoms with E-state index in [9.17, 15) is 26.7 Å². The summed E-state index contributed by atoms with van der Waals surface area (Å²) in [6.45, 7) is -0.120. The van der Waals surface area contributed by atoms with Crippen LogP contribution in [0, 0.1) is 17.5 Å². The van der Waals surface area contributed by atoms with Crippen molar-refractivity contribution in [2.45, 2.75) is 17.8 Å². The highest BCUT2D eigenvalue weighted by Gasteiger charge is 2.37. The van der Waals surface area contributed by atoms with Gasteiger partial charge in [0.15, 0.2) is 11.6 Å². The normalized spacial score (nSPS) is 18.2. The van der Waals surface area contributed by atoms with Crippen molar-refractivity contribution in [3.63, 3.8) is 0 Å². The zero-order chi connectivity index (χ0) is 26.3. The maximum absolute atomic E-state index is 14.8. The van der Waals surface area contributed by atoms with E-state index in [4.69, 9.17) is 0 Å². The van der Waals surface area contributed by atoms with E-state index in [1.807, 2.05) is 0 Å². The molecule has 3 aromatic heterocycles. The first-order chi connectivity index (χ1) is 17.6. The molecule has 0 radical (unpaired) electrons. The molecule has 4 heterocycles. The summed E-state index contributed by atoms with van der Waals surface area (Å²) in [6, 6.07) is 4.71. The molecule has 1 aliphatic rings. The summed E-state index contributed by atoms with van der Waals surface area (Å²) in [5.74, 6) is -3.18. The number of nitrogens with zero attached hydrogens (tertiary/aromatic N) is 8. The van der Waals surface area contributed by atoms with E-state index in [0.29, 0.717) is 0 Å². The van der Waals surface area contributed by atoms with Crippen LogP contribution in [0.3, 0.4) is 0 Å². The number of para-hydroxylation sites is 1. The minimum atomic E-state index is -4.31. The number of piperidine rings is 1. The Kier molecular flexibility index (Phi) is 6.28. The molecule has 16 heteroatoms. The summed E-state index contributed by atoms with van der Waals surface area (Å²) >= 11 is 0. The second-order valence-corrected chi connectivity index (χ2v) is 10.4. The third-order valence-corrected chi connectivity index (χ3v) is 7.41. The largest absolute Gasteiger partial charge is 0.391 e. The predicted molar refractivity (Wildman–Crippen MR) is 125 cm³/mol. The molecule has 0 spiro atoms. The van der Waals surface area contributed by atoms with E-state index >= 15 is 0 Å². The highest BCUT2D eigenvalue weighted by Crippen LogP contribution is 2.29. The van der Waals surface area contributed by atoms with Crippen molar-refractivity contribution < 1.29 is 26.7 Å². The van der Waals surface area contributed by atoms with Gasteiger partial charge in [0.05, 0.1) is 18.5 Å². The van der Waals surface area contributed by atoms with Gasteiger partial charge in [-0.15, -0.1) is 10.2 Å². The molecule has 0 saturated carbocycles. The zero-order valence-electron chi connectivity index (χ0n) is 19.2. The fourth-order valence-corrected chi connectivity index (χ4v) is 5.46. The van der Waals surface area contributed by atoms with Crippen LogP contribution in [0.15, 0.2) is 42.9 Å². The second kappa shape index (κ2) is 9.44. The fraction of sp³-hybridized carbons (Fsp3) is 0.286. The summed E-state index contributed by atoms with van der Waals surface area (Å²) in [6.07, 6.45) is 2.20. The zero-order valence-corrected chi connectivity index (χ0v) is 20.0. The number of rotatable bonds is 6. The number of nitrogens with one attached hydrogen (secondary N) is 1. The maximum atomic E-state index is 14.8. The van der Waals surface area contributed by atoms with Crippen LogP contribution in [0.1, 0.15) is 6.42 Å². The number of aliphatic hydroxyl groups excluding tert-OH is 1. The van der Waals surface area contributed by atoms with Gasteiger partial charge in [0.25, 0.3) is 0 Å². The molecule has 1 aliphatic heterocycles. The van der Waals surface area contributed by atoms with Gasteiger partial charge in [-0.05, 0) is 24.6 Å². The quantitative estimate of drug-likeness (QED) is 0.373. The maximum Gasteiger partial charge on any atom is 0.243 e. The summed E-state index contributed by atoms with van der Waals surface area (Å²) < 4.78 is 74.2. The van der Waals surface area contributed by atoms with Crippen LogP contribution in [0.2, 0.25) is 0 Å². The van der Waals surface area contributed by atoms with Crippen molar-refractivity contribution in [2.24, 2.45) is 7.05 Å². The summed E-state index contributed by atoms with van der Waals surface area (Å²) in [5.41, 5.74) is -0.410. The number of aryl methyl sites for hydroxylation is 1. The van der Waals surface area contributed by atoms with E-state index in [1.54, 1.807) is 13.2 Å². The average Bonchev–Trinajstić information content (AvgIpc) is 3.45. The first-order valence-electron chi connectivity index (χ1n) is 10.9. The predicted octanol–water partition coefficient (Wildman–Crippen LogP) is 1.26. The molecule has 0 amide bonds. The molecule has 12 nitrogen and oxygen atoms in total. The van der Waals surface area contributed by atoms with E-state index in [-0.39, 0.29) is 37.0 Å². The van der Waals surface area contributed by atoms with Gasteiger partial charge in [0.1, 0.15) is 28.3 Å². The van der Waals surface area contributed by atoms with Gasteiger partial charge < -0.3 is 10.0 Å². The molecule has 0 aliphatic carbocycles. The molecule has 2 N–H and O–H groups in total. The second-order valence-electron chi connectivity index (χ2n) is 8.39. The van der Waals surface area contributed by atoms with Crippen LogP contribution in [0.5, 0.6) is 0 Å². The van der Waals surface area contributed by atoms with E-state index in [1.165, 1.54) is 21.7 Å². The van der Waals surface area contributed by atoms with E-state index < -0.39 is 50.5 Å². The van der Waals surface area contributed by atoms with Crippen LogP contribution < -0.4 is 9.62 Å². The van der Waals surface area contributed by atoms with Crippen LogP contribution >= 0.6 is 0 Å². The van der Waals surface area contributed by atoms with Crippen molar-refractivity contribution in [1.29, 1.82) is 0 Å². The molecule has 37 heavy (non-hydrogen) atoms. The number of halogens is 3. The van der Waals surface area contributed by atoms with Crippen LogP contribution in [-0.2, 0) is 17.1 Å². The molecular weight excluding hydrogens is 515 g/mol. The SMILES string of the molecule is Cn1ccc(-c2nnc(NS(=O)(=O)[C@@H]3C[C@@H](O)CN(c4ncc(F)cn4)C3)n2-c2c(F)cccc2F)n1. The standard InChI is InChI=1S/C21H20F3N9O3S/c1-31-6-5-17(29-31)19-27-28-21(33(19)18-15(23)3-2-4-16(18)24)30-37(35,36)14-7-13(34)10-32(11-14)20-25-8-12(22)9-26-20/h2-6,8-9,13-14,34H,7,10-11H2,1H3,(H,28,30)/t13-,14-/m1/s1. The monoisotopic (exact) mass is 535 g/mol. The number of aromatic nitrogens is 7. The smallest absolute Gasteiger partial charge is 0.243 e. The Morgan fingerprint density at radius 1 is 1.05 bits per heavy atom. The van der Waals surface area contributed by atoms with E-state index in [2.05, 4.69) is 30.0 Å². The minimum absolute atomic E-state index is 0.0259. The fourth-order valence-electron chi connectivity index (χ4n) is 4.06. The Hall–Kier alpha value is -4.05. The summed E-state index contributed by atoms with van der Waals surface area (Å²) in [7, 11) is -2.69. The first kappa shape index (κ1) is 24.6. The molecule has 1 saturated heterocycles. The van der Waals surface area contributed by atoms with Crippen molar-refractivity contribution >= 4 is 21.9 Å². The van der Waals surface area contributed by atoms with Crippen LogP contribution in [0.4, 0.5) is 25.1 Å². The topological polar surface area (TPSA) is 144 Å². The van der Waals surface area contributed by atoms with Crippen molar-refractivity contribution in [3.05, 3.63) is 60.3 Å². The lowest BCUT2D eigenvalue weighted by Gasteiger charge is -2.35. The van der Waals surface area contributed by atoms with Gasteiger partial charge >= 0.3 is 0 Å². The lowest BCUT2D eigenvalue weighted by molar-refractivity contribution is 0.154. The third kappa shape index (κ3) is 4.84. The van der Waals surface area contributed by atoms with Crippen molar-refractivity contribution in [3.8, 4) is 17.2 Å². The van der Waals surface area contributed by atoms with Gasteiger partial charge in [-0.3, -0.25) is 14.0 Å². The highest BCUT2D eigenvalue weighted by atomic mass is 32.2. The van der Waals surface area contributed by atoms with Gasteiger partial charge in [0, 0.05) is 26.3 Å². The Bertz CT molecular complexity index is 1520. The van der Waals surface area contributed by atoms with Crippen molar-refractivity contribution in [2.75, 3.05) is 22.7 Å². The van der Waals surface area contributed by atoms with Gasteiger partial charge in [-0.2, -0.15) is 5.10 Å².